The smallest absolute Gasteiger partial charge is 0.260 e. The van der Waals surface area contributed by atoms with Crippen molar-refractivity contribution in [3.05, 3.63) is 83.2 Å². The molecule has 4 aromatic rings. The average Bonchev–Trinajstić information content (AvgIpc) is 3.16. The van der Waals surface area contributed by atoms with E-state index in [-0.39, 0.29) is 5.91 Å². The molecule has 0 aliphatic rings. The Bertz CT molecular complexity index is 1220. The molecule has 0 atom stereocenters. The summed E-state index contributed by atoms with van der Waals surface area (Å²) in [5.41, 5.74) is 4.92. The van der Waals surface area contributed by atoms with Crippen molar-refractivity contribution in [2.24, 2.45) is 0 Å². The highest BCUT2D eigenvalue weighted by atomic mass is 32.2. The summed E-state index contributed by atoms with van der Waals surface area (Å²) in [5, 5.41) is 1.16. The van der Waals surface area contributed by atoms with E-state index >= 15 is 0 Å². The largest absolute Gasteiger partial charge is 0.279 e. The second-order valence-electron chi connectivity index (χ2n) is 7.87. The predicted octanol–water partition coefficient (Wildman–Crippen LogP) is 6.66. The Morgan fingerprint density at radius 2 is 1.97 bits per heavy atom. The fourth-order valence-corrected chi connectivity index (χ4v) is 5.54. The molecule has 4 nitrogen and oxygen atoms in total. The van der Waals surface area contributed by atoms with Gasteiger partial charge in [0.25, 0.3) is 5.91 Å². The van der Waals surface area contributed by atoms with Gasteiger partial charge in [-0.1, -0.05) is 43.4 Å². The Morgan fingerprint density at radius 1 is 1.13 bits per heavy atom. The van der Waals surface area contributed by atoms with Crippen LogP contribution in [0.25, 0.3) is 10.2 Å². The van der Waals surface area contributed by atoms with Crippen LogP contribution in [0.3, 0.4) is 0 Å². The van der Waals surface area contributed by atoms with Crippen LogP contribution >= 0.6 is 23.1 Å². The molecule has 2 heterocycles. The van der Waals surface area contributed by atoms with Gasteiger partial charge in [0.2, 0.25) is 0 Å². The fourth-order valence-electron chi connectivity index (χ4n) is 3.51. The molecule has 4 rings (SSSR count). The summed E-state index contributed by atoms with van der Waals surface area (Å²) in [6, 6.07) is 16.0. The number of anilines is 1. The van der Waals surface area contributed by atoms with Crippen LogP contribution in [0, 0.1) is 13.8 Å². The maximum absolute atomic E-state index is 13.7. The van der Waals surface area contributed by atoms with Crippen LogP contribution in [0.2, 0.25) is 0 Å². The molecule has 0 saturated carbocycles. The first-order valence-corrected chi connectivity index (χ1v) is 12.0. The van der Waals surface area contributed by atoms with E-state index in [1.54, 1.807) is 40.4 Å². The van der Waals surface area contributed by atoms with Gasteiger partial charge in [-0.15, -0.1) is 11.8 Å². The normalized spacial score (nSPS) is 11.3. The predicted molar refractivity (Wildman–Crippen MR) is 131 cm³/mol. The van der Waals surface area contributed by atoms with Gasteiger partial charge in [-0.2, -0.15) is 0 Å². The molecule has 0 fully saturated rings. The summed E-state index contributed by atoms with van der Waals surface area (Å²) in [4.78, 5) is 25.6. The minimum Gasteiger partial charge on any atom is -0.279 e. The molecule has 2 aromatic heterocycles. The zero-order valence-electron chi connectivity index (χ0n) is 18.1. The van der Waals surface area contributed by atoms with Crippen LogP contribution in [0.4, 0.5) is 5.13 Å². The monoisotopic (exact) mass is 447 g/mol. The average molecular weight is 448 g/mol. The SMILES string of the molecule is Cc1cc(C)c2nc(N(Cc3cccnc3)C(=O)c3cccc(SC(C)C)c3)sc2c1. The molecule has 158 valence electrons. The van der Waals surface area contributed by atoms with Gasteiger partial charge in [0.05, 0.1) is 16.8 Å². The molecule has 1 amide bonds. The van der Waals surface area contributed by atoms with Crippen molar-refractivity contribution in [1.82, 2.24) is 9.97 Å². The Hall–Kier alpha value is -2.70. The zero-order valence-corrected chi connectivity index (χ0v) is 19.8. The number of thiazole rings is 1. The van der Waals surface area contributed by atoms with E-state index in [9.17, 15) is 4.79 Å². The number of carbonyl (C=O) groups is 1. The number of carbonyl (C=O) groups excluding carboxylic acids is 1. The topological polar surface area (TPSA) is 46.1 Å². The maximum Gasteiger partial charge on any atom is 0.260 e. The van der Waals surface area contributed by atoms with Crippen LogP contribution in [0.5, 0.6) is 0 Å². The minimum absolute atomic E-state index is 0.0523. The van der Waals surface area contributed by atoms with Gasteiger partial charge in [-0.25, -0.2) is 4.98 Å². The molecule has 0 aliphatic carbocycles. The number of aromatic nitrogens is 2. The van der Waals surface area contributed by atoms with E-state index in [1.165, 1.54) is 5.56 Å². The zero-order chi connectivity index (χ0) is 22.0. The lowest BCUT2D eigenvalue weighted by atomic mass is 10.1. The van der Waals surface area contributed by atoms with Crippen molar-refractivity contribution >= 4 is 44.4 Å². The second kappa shape index (κ2) is 9.20. The molecule has 0 unspecified atom stereocenters. The van der Waals surface area contributed by atoms with Crippen LogP contribution in [0.15, 0.2) is 65.8 Å². The van der Waals surface area contributed by atoms with E-state index < -0.39 is 0 Å². The van der Waals surface area contributed by atoms with Gasteiger partial charge in [0.15, 0.2) is 5.13 Å². The molecule has 31 heavy (non-hydrogen) atoms. The van der Waals surface area contributed by atoms with Gasteiger partial charge < -0.3 is 0 Å². The Labute approximate surface area is 191 Å². The van der Waals surface area contributed by atoms with Crippen LogP contribution in [-0.2, 0) is 6.54 Å². The third-order valence-electron chi connectivity index (χ3n) is 4.81. The molecular weight excluding hydrogens is 422 g/mol. The summed E-state index contributed by atoms with van der Waals surface area (Å²) >= 11 is 3.31. The van der Waals surface area contributed by atoms with Crippen LogP contribution < -0.4 is 4.90 Å². The molecule has 6 heteroatoms. The van der Waals surface area contributed by atoms with E-state index in [0.717, 1.165) is 26.2 Å². The van der Waals surface area contributed by atoms with Crippen LogP contribution in [0.1, 0.15) is 40.9 Å². The number of benzene rings is 2. The Balaban J connectivity index is 1.76. The van der Waals surface area contributed by atoms with Gasteiger partial charge in [0, 0.05) is 28.1 Å². The van der Waals surface area contributed by atoms with E-state index in [2.05, 4.69) is 50.9 Å². The lowest BCUT2D eigenvalue weighted by Crippen LogP contribution is -2.30. The van der Waals surface area contributed by atoms with Crippen LogP contribution in [-0.4, -0.2) is 21.1 Å². The number of thioether (sulfide) groups is 1. The van der Waals surface area contributed by atoms with Gasteiger partial charge in [-0.05, 0) is 60.9 Å². The number of rotatable bonds is 6. The van der Waals surface area contributed by atoms with Crippen molar-refractivity contribution in [1.29, 1.82) is 0 Å². The number of aryl methyl sites for hydroxylation is 2. The summed E-state index contributed by atoms with van der Waals surface area (Å²) in [6.45, 7) is 8.88. The summed E-state index contributed by atoms with van der Waals surface area (Å²) in [5.74, 6) is -0.0523. The first kappa shape index (κ1) is 21.5. The number of amides is 1. The fraction of sp³-hybridized carbons (Fsp3) is 0.240. The summed E-state index contributed by atoms with van der Waals surface area (Å²) < 4.78 is 1.10. The number of nitrogens with zero attached hydrogens (tertiary/aromatic N) is 3. The highest BCUT2D eigenvalue weighted by Crippen LogP contribution is 2.33. The first-order chi connectivity index (χ1) is 14.9. The molecule has 0 spiro atoms. The van der Waals surface area contributed by atoms with Crippen molar-refractivity contribution < 1.29 is 4.79 Å². The van der Waals surface area contributed by atoms with Crippen molar-refractivity contribution in [2.75, 3.05) is 4.90 Å². The van der Waals surface area contributed by atoms with E-state index in [1.807, 2.05) is 30.3 Å². The molecule has 0 bridgehead atoms. The lowest BCUT2D eigenvalue weighted by Gasteiger charge is -2.20. The highest BCUT2D eigenvalue weighted by molar-refractivity contribution is 7.99. The van der Waals surface area contributed by atoms with Gasteiger partial charge in [-0.3, -0.25) is 14.7 Å². The number of fused-ring (bicyclic) bond motifs is 1. The van der Waals surface area contributed by atoms with Crippen molar-refractivity contribution in [3.8, 4) is 0 Å². The van der Waals surface area contributed by atoms with Gasteiger partial charge in [0.1, 0.15) is 0 Å². The second-order valence-corrected chi connectivity index (χ2v) is 10.5. The number of pyridine rings is 1. The molecule has 0 radical (unpaired) electrons. The molecule has 0 saturated heterocycles. The summed E-state index contributed by atoms with van der Waals surface area (Å²) in [7, 11) is 0. The quantitative estimate of drug-likeness (QED) is 0.310. The Kier molecular flexibility index (Phi) is 6.39. The summed E-state index contributed by atoms with van der Waals surface area (Å²) in [6.07, 6.45) is 3.54. The maximum atomic E-state index is 13.7. The Morgan fingerprint density at radius 3 is 2.71 bits per heavy atom. The highest BCUT2D eigenvalue weighted by Gasteiger charge is 2.23. The molecular formula is C25H25N3OS2. The third kappa shape index (κ3) is 4.97. The number of hydrogen-bond acceptors (Lipinski definition) is 5. The third-order valence-corrected chi connectivity index (χ3v) is 6.83. The van der Waals surface area contributed by atoms with E-state index in [4.69, 9.17) is 4.98 Å². The van der Waals surface area contributed by atoms with Gasteiger partial charge >= 0.3 is 0 Å². The van der Waals surface area contributed by atoms with Crippen molar-refractivity contribution in [2.45, 2.75) is 44.4 Å². The molecule has 0 N–H and O–H groups in total. The minimum atomic E-state index is -0.0523. The standard InChI is InChI=1S/C25H25N3OS2/c1-16(2)30-21-9-5-8-20(13-21)24(29)28(15-19-7-6-10-26-14-19)25-27-23-18(4)11-17(3)12-22(23)31-25/h5-14,16H,15H2,1-4H3. The molecule has 0 aliphatic heterocycles. The lowest BCUT2D eigenvalue weighted by molar-refractivity contribution is 0.0985. The van der Waals surface area contributed by atoms with Crippen molar-refractivity contribution in [3.63, 3.8) is 0 Å². The number of hydrogen-bond donors (Lipinski definition) is 0. The van der Waals surface area contributed by atoms with E-state index in [0.29, 0.717) is 22.5 Å². The molecule has 2 aromatic carbocycles. The first-order valence-electron chi connectivity index (χ1n) is 10.3.